The van der Waals surface area contributed by atoms with Crippen LogP contribution in [0.5, 0.6) is 0 Å². The van der Waals surface area contributed by atoms with Gasteiger partial charge in [-0.1, -0.05) is 18.2 Å². The van der Waals surface area contributed by atoms with Gasteiger partial charge in [-0.25, -0.2) is 4.79 Å². The molecule has 1 heterocycles. The number of H-pyrrole nitrogens is 1. The number of aromatic amines is 1. The Hall–Kier alpha value is -4.99. The highest BCUT2D eigenvalue weighted by atomic mass is 16.4. The Morgan fingerprint density at radius 2 is 1.23 bits per heavy atom. The third-order valence-corrected chi connectivity index (χ3v) is 5.47. The van der Waals surface area contributed by atoms with Gasteiger partial charge in [0.15, 0.2) is 0 Å². The summed E-state index contributed by atoms with van der Waals surface area (Å²) in [5, 5.41) is 43.3. The van der Waals surface area contributed by atoms with E-state index in [0.717, 1.165) is 0 Å². The van der Waals surface area contributed by atoms with E-state index in [1.54, 1.807) is 24.3 Å². The second-order valence-corrected chi connectivity index (χ2v) is 8.49. The van der Waals surface area contributed by atoms with Crippen LogP contribution in [0.25, 0.3) is 10.9 Å². The molecule has 39 heavy (non-hydrogen) atoms. The van der Waals surface area contributed by atoms with Gasteiger partial charge in [0.2, 0.25) is 17.7 Å². The van der Waals surface area contributed by atoms with E-state index in [9.17, 15) is 43.8 Å². The van der Waals surface area contributed by atoms with Gasteiger partial charge < -0.3 is 47.1 Å². The van der Waals surface area contributed by atoms with Crippen LogP contribution in [0.4, 0.5) is 0 Å². The van der Waals surface area contributed by atoms with Crippen molar-refractivity contribution in [3.8, 4) is 0 Å². The van der Waals surface area contributed by atoms with Gasteiger partial charge >= 0.3 is 23.9 Å². The molecule has 0 spiro atoms. The lowest BCUT2D eigenvalue weighted by Gasteiger charge is -2.24. The first kappa shape index (κ1) is 30.2. The molecule has 0 radical (unpaired) electrons. The van der Waals surface area contributed by atoms with E-state index in [2.05, 4.69) is 10.3 Å². The molecule has 16 heteroatoms. The van der Waals surface area contributed by atoms with Crippen molar-refractivity contribution in [2.75, 3.05) is 0 Å². The summed E-state index contributed by atoms with van der Waals surface area (Å²) in [6, 6.07) is 0.102. The number of para-hydroxylation sites is 1. The molecule has 0 aliphatic rings. The largest absolute Gasteiger partial charge is 0.481 e. The maximum atomic E-state index is 13.1. The summed E-state index contributed by atoms with van der Waals surface area (Å²) in [4.78, 5) is 85.9. The topological polar surface area (TPSA) is 278 Å². The van der Waals surface area contributed by atoms with Gasteiger partial charge in [0.25, 0.3) is 0 Å². The fourth-order valence-electron chi connectivity index (χ4n) is 3.59. The van der Waals surface area contributed by atoms with Crippen LogP contribution in [-0.2, 0) is 40.0 Å². The van der Waals surface area contributed by atoms with Crippen molar-refractivity contribution in [2.24, 2.45) is 5.73 Å². The summed E-state index contributed by atoms with van der Waals surface area (Å²) in [5.41, 5.74) is 6.64. The Morgan fingerprint density at radius 3 is 1.82 bits per heavy atom. The zero-order valence-corrected chi connectivity index (χ0v) is 20.2. The van der Waals surface area contributed by atoms with Crippen LogP contribution in [0.3, 0.4) is 0 Å². The molecule has 16 nitrogen and oxygen atoms in total. The van der Waals surface area contributed by atoms with Crippen LogP contribution in [0.15, 0.2) is 30.5 Å². The lowest BCUT2D eigenvalue weighted by atomic mass is 10.0. The van der Waals surface area contributed by atoms with Crippen molar-refractivity contribution in [2.45, 2.75) is 49.9 Å². The van der Waals surface area contributed by atoms with Crippen LogP contribution in [0, 0.1) is 0 Å². The van der Waals surface area contributed by atoms with Crippen LogP contribution in [0.2, 0.25) is 0 Å². The minimum absolute atomic E-state index is 0.243. The number of nitrogens with one attached hydrogen (secondary N) is 4. The number of hydrogen-bond acceptors (Lipinski definition) is 8. The maximum absolute atomic E-state index is 13.1. The van der Waals surface area contributed by atoms with E-state index in [4.69, 9.17) is 15.9 Å². The number of hydrogen-bond donors (Lipinski definition) is 9. The number of carboxylic acids is 4. The van der Waals surface area contributed by atoms with Crippen LogP contribution in [-0.4, -0.2) is 91.2 Å². The number of rotatable bonds is 15. The van der Waals surface area contributed by atoms with Crippen molar-refractivity contribution >= 4 is 52.5 Å². The number of amides is 3. The second kappa shape index (κ2) is 13.5. The first-order valence-corrected chi connectivity index (χ1v) is 11.4. The highest BCUT2D eigenvalue weighted by Gasteiger charge is 2.33. The second-order valence-electron chi connectivity index (χ2n) is 8.49. The average Bonchev–Trinajstić information content (AvgIpc) is 3.24. The Morgan fingerprint density at radius 1 is 0.718 bits per heavy atom. The molecule has 2 rings (SSSR count). The monoisotopic (exact) mass is 549 g/mol. The Labute approximate surface area is 219 Å². The predicted octanol–water partition coefficient (Wildman–Crippen LogP) is -2.00. The molecule has 0 saturated carbocycles. The first-order chi connectivity index (χ1) is 18.3. The van der Waals surface area contributed by atoms with Gasteiger partial charge in [-0.2, -0.15) is 0 Å². The van der Waals surface area contributed by atoms with Crippen molar-refractivity contribution in [3.63, 3.8) is 0 Å². The van der Waals surface area contributed by atoms with Crippen molar-refractivity contribution in [3.05, 3.63) is 36.0 Å². The van der Waals surface area contributed by atoms with Gasteiger partial charge in [-0.3, -0.25) is 28.8 Å². The SMILES string of the molecule is NC(CC(=O)O)C(=O)NC(CC(=O)O)C(=O)NC(Cc1c[nH]c2ccccc12)C(=O)NC(CC(=O)O)C(=O)O. The highest BCUT2D eigenvalue weighted by Crippen LogP contribution is 2.19. The molecule has 1 aromatic heterocycles. The molecular weight excluding hydrogens is 522 g/mol. The molecule has 0 saturated heterocycles. The molecule has 3 amide bonds. The van der Waals surface area contributed by atoms with Crippen LogP contribution >= 0.6 is 0 Å². The van der Waals surface area contributed by atoms with Gasteiger partial charge in [-0.05, 0) is 11.6 Å². The van der Waals surface area contributed by atoms with E-state index >= 15 is 0 Å². The molecular formula is C23H27N5O11. The number of carbonyl (C=O) groups is 7. The van der Waals surface area contributed by atoms with Crippen molar-refractivity contribution < 1.29 is 54.0 Å². The minimum Gasteiger partial charge on any atom is -0.481 e. The number of benzene rings is 1. The fourth-order valence-corrected chi connectivity index (χ4v) is 3.59. The van der Waals surface area contributed by atoms with Gasteiger partial charge in [-0.15, -0.1) is 0 Å². The summed E-state index contributed by atoms with van der Waals surface area (Å²) in [6.07, 6.45) is -1.44. The minimum atomic E-state index is -1.85. The Balaban J connectivity index is 2.34. The molecule has 0 fully saturated rings. The molecule has 10 N–H and O–H groups in total. The van der Waals surface area contributed by atoms with Gasteiger partial charge in [0, 0.05) is 23.5 Å². The van der Waals surface area contributed by atoms with Gasteiger partial charge in [0.05, 0.1) is 25.3 Å². The summed E-state index contributed by atoms with van der Waals surface area (Å²) in [5.74, 6) is -9.49. The molecule has 4 unspecified atom stereocenters. The molecule has 210 valence electrons. The van der Waals surface area contributed by atoms with Crippen LogP contribution in [0.1, 0.15) is 24.8 Å². The molecule has 2 aromatic rings. The van der Waals surface area contributed by atoms with Crippen molar-refractivity contribution in [1.29, 1.82) is 0 Å². The average molecular weight is 549 g/mol. The highest BCUT2D eigenvalue weighted by molar-refractivity contribution is 5.97. The Kier molecular flexibility index (Phi) is 10.5. The van der Waals surface area contributed by atoms with Gasteiger partial charge in [0.1, 0.15) is 18.1 Å². The molecule has 4 atom stereocenters. The zero-order valence-electron chi connectivity index (χ0n) is 20.2. The maximum Gasteiger partial charge on any atom is 0.326 e. The van der Waals surface area contributed by atoms with E-state index in [1.807, 2.05) is 10.6 Å². The standard InChI is InChI=1S/C23H27N5O11/c24-12(6-17(29)30)20(35)26-15(7-18(31)32)22(37)27-14(21(36)28-16(23(38)39)8-19(33)34)5-10-9-25-13-4-2-1-3-11(10)13/h1-4,9,12,14-16,25H,5-8,24H2,(H,26,35)(H,27,37)(H,28,36)(H,29,30)(H,31,32)(H,33,34)(H,38,39). The normalized spacial score (nSPS) is 13.9. The third kappa shape index (κ3) is 9.12. The summed E-state index contributed by atoms with van der Waals surface area (Å²) in [6.45, 7) is 0. The molecule has 0 aliphatic heterocycles. The third-order valence-electron chi connectivity index (χ3n) is 5.47. The summed E-state index contributed by atoms with van der Waals surface area (Å²) >= 11 is 0. The van der Waals surface area contributed by atoms with E-state index in [1.165, 1.54) is 6.20 Å². The summed E-state index contributed by atoms with van der Waals surface area (Å²) < 4.78 is 0. The molecule has 0 bridgehead atoms. The quantitative estimate of drug-likeness (QED) is 0.117. The first-order valence-electron chi connectivity index (χ1n) is 11.4. The Bertz CT molecular complexity index is 1270. The lowest BCUT2D eigenvalue weighted by Crippen LogP contribution is -2.58. The molecule has 1 aromatic carbocycles. The number of aromatic nitrogens is 1. The van der Waals surface area contributed by atoms with E-state index < -0.39 is 85.0 Å². The van der Waals surface area contributed by atoms with E-state index in [-0.39, 0.29) is 6.42 Å². The number of carboxylic acid groups (broad SMARTS) is 4. The van der Waals surface area contributed by atoms with Crippen molar-refractivity contribution in [1.82, 2.24) is 20.9 Å². The lowest BCUT2D eigenvalue weighted by molar-refractivity contribution is -0.147. The van der Waals surface area contributed by atoms with Crippen LogP contribution < -0.4 is 21.7 Å². The number of aliphatic carboxylic acids is 4. The predicted molar refractivity (Wildman–Crippen MR) is 130 cm³/mol. The fraction of sp³-hybridized carbons (Fsp3) is 0.348. The number of nitrogens with two attached hydrogens (primary N) is 1. The van der Waals surface area contributed by atoms with E-state index in [0.29, 0.717) is 16.5 Å². The summed E-state index contributed by atoms with van der Waals surface area (Å²) in [7, 11) is 0. The number of fused-ring (bicyclic) bond motifs is 1. The smallest absolute Gasteiger partial charge is 0.326 e. The number of carbonyl (C=O) groups excluding carboxylic acids is 3. The molecule has 0 aliphatic carbocycles. The zero-order chi connectivity index (χ0) is 29.3.